The molecule has 0 saturated heterocycles. The van der Waals surface area contributed by atoms with Gasteiger partial charge in [0, 0.05) is 12.8 Å². The van der Waals surface area contributed by atoms with Crippen LogP contribution in [0.15, 0.2) is 24.3 Å². The van der Waals surface area contributed by atoms with Crippen LogP contribution < -0.4 is 0 Å². The second-order valence-corrected chi connectivity index (χ2v) is 23.4. The van der Waals surface area contributed by atoms with E-state index in [0.29, 0.717) is 12.8 Å². The Kier molecular flexibility index (Phi) is 64.0. The number of aliphatic hydroxyl groups excluding tert-OH is 10. The second kappa shape index (κ2) is 65.7. The van der Waals surface area contributed by atoms with Gasteiger partial charge in [-0.1, -0.05) is 141 Å². The van der Waals surface area contributed by atoms with Crippen molar-refractivity contribution in [2.24, 2.45) is 0 Å². The molecule has 0 spiro atoms. The standard InChI is InChI=1S/C66H126O23/c1-3-5-7-9-11-13-15-17-19-21-23-25-27-29-31-33-65(77)88-53-63(75)51-86-49-61(73)47-84-45-59(71)43-82-41-57(69)39-80-37-55(67)35-79-36-56(68)38-81-40-58(70)42-83-44-60(72)46-85-48-62(74)50-87-52-64(76)54-89-66(78)34-32-30-28-26-24-22-20-18-16-14-12-10-8-6-4-2/h17-20,55-64,67-76H,3-16,21-54H2,1-2H3/b19-17+,20-18+. The van der Waals surface area contributed by atoms with Gasteiger partial charge < -0.3 is 103 Å². The zero-order chi connectivity index (χ0) is 65.5. The van der Waals surface area contributed by atoms with E-state index in [9.17, 15) is 60.7 Å². The summed E-state index contributed by atoms with van der Waals surface area (Å²) in [6.07, 6.45) is 29.6. The summed E-state index contributed by atoms with van der Waals surface area (Å²) in [6, 6.07) is 0. The van der Waals surface area contributed by atoms with Gasteiger partial charge in [-0.15, -0.1) is 0 Å². The first kappa shape index (κ1) is 86.7. The minimum Gasteiger partial charge on any atom is -0.463 e. The van der Waals surface area contributed by atoms with Gasteiger partial charge in [0.05, 0.1) is 119 Å². The quantitative estimate of drug-likeness (QED) is 0.0192. The van der Waals surface area contributed by atoms with Crippen LogP contribution in [0.4, 0.5) is 0 Å². The molecule has 0 aromatic rings. The van der Waals surface area contributed by atoms with E-state index >= 15 is 0 Å². The van der Waals surface area contributed by atoms with Crippen molar-refractivity contribution < 1.29 is 113 Å². The van der Waals surface area contributed by atoms with E-state index in [4.69, 9.17) is 52.1 Å². The van der Waals surface area contributed by atoms with Crippen molar-refractivity contribution in [2.75, 3.05) is 132 Å². The summed E-state index contributed by atoms with van der Waals surface area (Å²) in [7, 11) is 0. The Balaban J connectivity index is 3.74. The van der Waals surface area contributed by atoms with Crippen LogP contribution in [-0.4, -0.2) is 256 Å². The average molecular weight is 1290 g/mol. The van der Waals surface area contributed by atoms with Crippen LogP contribution in [-0.2, 0) is 61.7 Å². The minimum atomic E-state index is -1.07. The van der Waals surface area contributed by atoms with Crippen molar-refractivity contribution in [3.63, 3.8) is 0 Å². The maximum absolute atomic E-state index is 12.1. The molecule has 0 aliphatic rings. The molecule has 0 heterocycles. The highest BCUT2D eigenvalue weighted by molar-refractivity contribution is 5.69. The second-order valence-electron chi connectivity index (χ2n) is 23.4. The van der Waals surface area contributed by atoms with Crippen molar-refractivity contribution in [2.45, 2.75) is 255 Å². The molecule has 528 valence electrons. The molecule has 0 fully saturated rings. The van der Waals surface area contributed by atoms with Crippen LogP contribution in [0.1, 0.15) is 194 Å². The molecule has 0 bridgehead atoms. The number of esters is 2. The van der Waals surface area contributed by atoms with Crippen LogP contribution in [0, 0.1) is 0 Å². The van der Waals surface area contributed by atoms with E-state index < -0.39 is 61.0 Å². The lowest BCUT2D eigenvalue weighted by atomic mass is 10.1. The summed E-state index contributed by atoms with van der Waals surface area (Å²) >= 11 is 0. The van der Waals surface area contributed by atoms with Crippen LogP contribution in [0.2, 0.25) is 0 Å². The zero-order valence-electron chi connectivity index (χ0n) is 54.8. The van der Waals surface area contributed by atoms with Crippen LogP contribution in [0.25, 0.3) is 0 Å². The number of unbranched alkanes of at least 4 members (excludes halogenated alkanes) is 22. The van der Waals surface area contributed by atoms with Crippen LogP contribution in [0.3, 0.4) is 0 Å². The fourth-order valence-electron chi connectivity index (χ4n) is 8.74. The SMILES string of the molecule is CCCCCCCC/C=C/CCCCCCCC(=O)OCC(O)COCC(O)COCC(O)COCC(O)COCC(O)COCC(O)COCC(O)COCC(O)COCC(O)COCC(O)COC(=O)CCCCCCC/C=C/CCCCCCCC. The van der Waals surface area contributed by atoms with Crippen molar-refractivity contribution in [1.29, 1.82) is 0 Å². The molecule has 0 rings (SSSR count). The Labute approximate surface area is 534 Å². The average Bonchev–Trinajstić information content (AvgIpc) is 3.52. The molecule has 0 aliphatic carbocycles. The predicted octanol–water partition coefficient (Wildman–Crippen LogP) is 5.91. The molecular weight excluding hydrogens is 1160 g/mol. The molecule has 0 aliphatic heterocycles. The highest BCUT2D eigenvalue weighted by Crippen LogP contribution is 2.13. The number of rotatable bonds is 70. The van der Waals surface area contributed by atoms with Gasteiger partial charge in [-0.25, -0.2) is 0 Å². The van der Waals surface area contributed by atoms with Gasteiger partial charge in [-0.3, -0.25) is 9.59 Å². The number of allylic oxidation sites excluding steroid dienone is 4. The van der Waals surface area contributed by atoms with E-state index in [2.05, 4.69) is 38.2 Å². The molecule has 89 heavy (non-hydrogen) atoms. The normalized spacial score (nSPS) is 15.5. The number of aliphatic hydroxyl groups is 10. The Morgan fingerprint density at radius 2 is 0.393 bits per heavy atom. The molecular formula is C66H126O23. The Morgan fingerprint density at radius 3 is 0.584 bits per heavy atom. The summed E-state index contributed by atoms with van der Waals surface area (Å²) in [5, 5.41) is 101. The monoisotopic (exact) mass is 1290 g/mol. The molecule has 0 saturated carbocycles. The molecule has 10 N–H and O–H groups in total. The number of ether oxygens (including phenoxy) is 11. The number of hydrogen-bond acceptors (Lipinski definition) is 23. The van der Waals surface area contributed by atoms with Crippen LogP contribution >= 0.6 is 0 Å². The predicted molar refractivity (Wildman–Crippen MR) is 338 cm³/mol. The molecule has 10 atom stereocenters. The third kappa shape index (κ3) is 65.5. The summed E-state index contributed by atoms with van der Waals surface area (Å²) in [5.41, 5.74) is 0. The summed E-state index contributed by atoms with van der Waals surface area (Å²) in [5.74, 6) is -0.736. The number of carbonyl (C=O) groups is 2. The van der Waals surface area contributed by atoms with Gasteiger partial charge in [-0.2, -0.15) is 0 Å². The number of hydrogen-bond donors (Lipinski definition) is 10. The van der Waals surface area contributed by atoms with E-state index in [-0.39, 0.29) is 144 Å². The molecule has 10 unspecified atom stereocenters. The maximum atomic E-state index is 12.1. The highest BCUT2D eigenvalue weighted by atomic mass is 16.6. The highest BCUT2D eigenvalue weighted by Gasteiger charge is 2.17. The number of carbonyl (C=O) groups excluding carboxylic acids is 2. The molecule has 0 radical (unpaired) electrons. The smallest absolute Gasteiger partial charge is 0.305 e. The molecule has 0 amide bonds. The van der Waals surface area contributed by atoms with Crippen molar-refractivity contribution in [3.8, 4) is 0 Å². The van der Waals surface area contributed by atoms with Gasteiger partial charge in [-0.05, 0) is 64.2 Å². The van der Waals surface area contributed by atoms with E-state index in [0.717, 1.165) is 77.0 Å². The fourth-order valence-corrected chi connectivity index (χ4v) is 8.74. The van der Waals surface area contributed by atoms with Crippen molar-refractivity contribution in [3.05, 3.63) is 24.3 Å². The zero-order valence-corrected chi connectivity index (χ0v) is 54.8. The maximum Gasteiger partial charge on any atom is 0.305 e. The Morgan fingerprint density at radius 1 is 0.236 bits per heavy atom. The lowest BCUT2D eigenvalue weighted by Gasteiger charge is -2.18. The fraction of sp³-hybridized carbons (Fsp3) is 0.909. The topological polar surface area (TPSA) is 338 Å². The van der Waals surface area contributed by atoms with Gasteiger partial charge >= 0.3 is 11.9 Å². The van der Waals surface area contributed by atoms with E-state index in [1.54, 1.807) is 0 Å². The largest absolute Gasteiger partial charge is 0.463 e. The first-order valence-electron chi connectivity index (χ1n) is 33.8. The minimum absolute atomic E-state index is 0.150. The van der Waals surface area contributed by atoms with Gasteiger partial charge in [0.1, 0.15) is 74.3 Å². The summed E-state index contributed by atoms with van der Waals surface area (Å²) < 4.78 is 58.0. The third-order valence-corrected chi connectivity index (χ3v) is 13.7. The van der Waals surface area contributed by atoms with Crippen molar-refractivity contribution in [1.82, 2.24) is 0 Å². The van der Waals surface area contributed by atoms with Gasteiger partial charge in [0.2, 0.25) is 0 Å². The lowest BCUT2D eigenvalue weighted by Crippen LogP contribution is -2.32. The Bertz CT molecular complexity index is 1460. The summed E-state index contributed by atoms with van der Waals surface area (Å²) in [4.78, 5) is 24.1. The first-order chi connectivity index (χ1) is 43.1. The molecule has 23 heteroatoms. The van der Waals surface area contributed by atoms with Gasteiger partial charge in [0.25, 0.3) is 0 Å². The first-order valence-corrected chi connectivity index (χ1v) is 33.8. The third-order valence-electron chi connectivity index (χ3n) is 13.7. The lowest BCUT2D eigenvalue weighted by molar-refractivity contribution is -0.149. The molecule has 23 nitrogen and oxygen atoms in total. The molecule has 0 aromatic heterocycles. The molecule has 0 aromatic carbocycles. The van der Waals surface area contributed by atoms with E-state index in [1.807, 2.05) is 0 Å². The van der Waals surface area contributed by atoms with Crippen LogP contribution in [0.5, 0.6) is 0 Å². The van der Waals surface area contributed by atoms with Crippen molar-refractivity contribution >= 4 is 11.9 Å². The van der Waals surface area contributed by atoms with Gasteiger partial charge in [0.15, 0.2) is 0 Å². The Hall–Kier alpha value is -2.34. The van der Waals surface area contributed by atoms with E-state index in [1.165, 1.54) is 89.9 Å². The summed E-state index contributed by atoms with van der Waals surface area (Å²) in [6.45, 7) is 0.971.